The highest BCUT2D eigenvalue weighted by molar-refractivity contribution is 5.95. The summed E-state index contributed by atoms with van der Waals surface area (Å²) in [4.78, 5) is 11.4. The number of ether oxygens (including phenoxy) is 1. The minimum atomic E-state index is -0.135. The molecule has 1 amide bonds. The highest BCUT2D eigenvalue weighted by atomic mass is 16.5. The minimum absolute atomic E-state index is 0.135. The number of anilines is 2. The van der Waals surface area contributed by atoms with Gasteiger partial charge in [0.05, 0.1) is 11.4 Å². The average Bonchev–Trinajstić information content (AvgIpc) is 2.39. The summed E-state index contributed by atoms with van der Waals surface area (Å²) in [5, 5.41) is 5.78. The number of hydrogen-bond acceptors (Lipinski definition) is 4. The summed E-state index contributed by atoms with van der Waals surface area (Å²) in [6.07, 6.45) is 0.921. The van der Waals surface area contributed by atoms with Crippen molar-refractivity contribution < 1.29 is 9.53 Å². The quantitative estimate of drug-likeness (QED) is 0.506. The summed E-state index contributed by atoms with van der Waals surface area (Å²) >= 11 is 0. The molecule has 1 aromatic carbocycles. The fraction of sp³-hybridized carbons (Fsp3) is 0.462. The molecule has 0 saturated heterocycles. The zero-order valence-corrected chi connectivity index (χ0v) is 11.0. The fourth-order valence-electron chi connectivity index (χ4n) is 1.55. The lowest BCUT2D eigenvalue weighted by Crippen LogP contribution is -2.18. The predicted octanol–water partition coefficient (Wildman–Crippen LogP) is 1.47. The zero-order valence-electron chi connectivity index (χ0n) is 11.0. The molecule has 1 rings (SSSR count). The first-order valence-corrected chi connectivity index (χ1v) is 6.12. The maximum absolute atomic E-state index is 11.4. The molecule has 18 heavy (non-hydrogen) atoms. The summed E-state index contributed by atoms with van der Waals surface area (Å²) in [6, 6.07) is 5.24. The van der Waals surface area contributed by atoms with Crippen LogP contribution in [-0.4, -0.2) is 32.7 Å². The van der Waals surface area contributed by atoms with Crippen LogP contribution in [-0.2, 0) is 4.74 Å². The first kappa shape index (κ1) is 14.3. The summed E-state index contributed by atoms with van der Waals surface area (Å²) in [7, 11) is 1.60. The molecular formula is C13H21N3O2. The van der Waals surface area contributed by atoms with Crippen molar-refractivity contribution in [2.45, 2.75) is 13.3 Å². The maximum Gasteiger partial charge on any atom is 0.251 e. The summed E-state index contributed by atoms with van der Waals surface area (Å²) in [6.45, 7) is 4.25. The number of carbonyl (C=O) groups is 1. The fourth-order valence-corrected chi connectivity index (χ4v) is 1.55. The molecule has 0 spiro atoms. The second kappa shape index (κ2) is 7.55. The van der Waals surface area contributed by atoms with E-state index in [9.17, 15) is 4.79 Å². The van der Waals surface area contributed by atoms with Gasteiger partial charge in [0.2, 0.25) is 0 Å². The molecule has 0 unspecified atom stereocenters. The van der Waals surface area contributed by atoms with E-state index in [-0.39, 0.29) is 5.91 Å². The molecule has 0 fully saturated rings. The Morgan fingerprint density at radius 1 is 1.44 bits per heavy atom. The van der Waals surface area contributed by atoms with Gasteiger partial charge in [0, 0.05) is 32.4 Å². The number of nitrogens with two attached hydrogens (primary N) is 1. The molecule has 0 saturated carbocycles. The SMILES string of the molecule is CCOCCCNc1ccc(C(=O)NC)cc1N. The number of carbonyl (C=O) groups excluding carboxylic acids is 1. The molecular weight excluding hydrogens is 230 g/mol. The first-order valence-electron chi connectivity index (χ1n) is 6.12. The summed E-state index contributed by atoms with van der Waals surface area (Å²) in [5.41, 5.74) is 7.87. The lowest BCUT2D eigenvalue weighted by molar-refractivity contribution is 0.0963. The molecule has 100 valence electrons. The van der Waals surface area contributed by atoms with Crippen LogP contribution < -0.4 is 16.4 Å². The van der Waals surface area contributed by atoms with Gasteiger partial charge in [-0.15, -0.1) is 0 Å². The van der Waals surface area contributed by atoms with Crippen molar-refractivity contribution in [1.82, 2.24) is 5.32 Å². The van der Waals surface area contributed by atoms with Crippen LogP contribution in [0.5, 0.6) is 0 Å². The van der Waals surface area contributed by atoms with Gasteiger partial charge in [-0.3, -0.25) is 4.79 Å². The Morgan fingerprint density at radius 3 is 2.83 bits per heavy atom. The van der Waals surface area contributed by atoms with Crippen LogP contribution in [0.15, 0.2) is 18.2 Å². The molecule has 0 atom stereocenters. The highest BCUT2D eigenvalue weighted by Crippen LogP contribution is 2.19. The lowest BCUT2D eigenvalue weighted by atomic mass is 10.1. The van der Waals surface area contributed by atoms with Crippen LogP contribution >= 0.6 is 0 Å². The Morgan fingerprint density at radius 2 is 2.22 bits per heavy atom. The van der Waals surface area contributed by atoms with Crippen LogP contribution in [0.1, 0.15) is 23.7 Å². The Balaban J connectivity index is 2.49. The van der Waals surface area contributed by atoms with Gasteiger partial charge < -0.3 is 21.1 Å². The van der Waals surface area contributed by atoms with Gasteiger partial charge in [-0.2, -0.15) is 0 Å². The number of amides is 1. The van der Waals surface area contributed by atoms with Crippen molar-refractivity contribution in [3.05, 3.63) is 23.8 Å². The van der Waals surface area contributed by atoms with Gasteiger partial charge in [0.1, 0.15) is 0 Å². The van der Waals surface area contributed by atoms with Crippen molar-refractivity contribution in [1.29, 1.82) is 0 Å². The van der Waals surface area contributed by atoms with Crippen LogP contribution in [0.2, 0.25) is 0 Å². The average molecular weight is 251 g/mol. The Kier molecular flexibility index (Phi) is 6.00. The maximum atomic E-state index is 11.4. The van der Waals surface area contributed by atoms with Crippen LogP contribution in [0, 0.1) is 0 Å². The molecule has 4 N–H and O–H groups in total. The van der Waals surface area contributed by atoms with Crippen molar-refractivity contribution in [2.75, 3.05) is 37.9 Å². The normalized spacial score (nSPS) is 10.1. The zero-order chi connectivity index (χ0) is 13.4. The van der Waals surface area contributed by atoms with E-state index >= 15 is 0 Å². The van der Waals surface area contributed by atoms with E-state index in [4.69, 9.17) is 10.5 Å². The minimum Gasteiger partial charge on any atom is -0.397 e. The molecule has 1 aromatic rings. The van der Waals surface area contributed by atoms with Crippen molar-refractivity contribution in [3.63, 3.8) is 0 Å². The molecule has 0 aliphatic carbocycles. The number of nitrogen functional groups attached to an aromatic ring is 1. The van der Waals surface area contributed by atoms with E-state index in [1.807, 2.05) is 13.0 Å². The van der Waals surface area contributed by atoms with E-state index in [1.54, 1.807) is 19.2 Å². The van der Waals surface area contributed by atoms with Crippen molar-refractivity contribution in [2.24, 2.45) is 0 Å². The molecule has 5 nitrogen and oxygen atoms in total. The molecule has 0 heterocycles. The topological polar surface area (TPSA) is 76.4 Å². The lowest BCUT2D eigenvalue weighted by Gasteiger charge is -2.10. The van der Waals surface area contributed by atoms with Gasteiger partial charge in [0.15, 0.2) is 0 Å². The smallest absolute Gasteiger partial charge is 0.251 e. The van der Waals surface area contributed by atoms with E-state index < -0.39 is 0 Å². The predicted molar refractivity (Wildman–Crippen MR) is 73.8 cm³/mol. The largest absolute Gasteiger partial charge is 0.397 e. The molecule has 0 aliphatic rings. The standard InChI is InChI=1S/C13H21N3O2/c1-3-18-8-4-7-16-12-6-5-10(9-11(12)14)13(17)15-2/h5-6,9,16H,3-4,7-8,14H2,1-2H3,(H,15,17). The van der Waals surface area contributed by atoms with Gasteiger partial charge in [-0.25, -0.2) is 0 Å². The Hall–Kier alpha value is -1.75. The third kappa shape index (κ3) is 4.25. The number of benzene rings is 1. The van der Waals surface area contributed by atoms with Crippen LogP contribution in [0.25, 0.3) is 0 Å². The third-order valence-corrected chi connectivity index (χ3v) is 2.53. The van der Waals surface area contributed by atoms with E-state index in [0.29, 0.717) is 11.3 Å². The van der Waals surface area contributed by atoms with Gasteiger partial charge in [-0.1, -0.05) is 0 Å². The number of hydrogen-bond donors (Lipinski definition) is 3. The molecule has 0 aromatic heterocycles. The third-order valence-electron chi connectivity index (χ3n) is 2.53. The van der Waals surface area contributed by atoms with Gasteiger partial charge in [0.25, 0.3) is 5.91 Å². The Bertz CT molecular complexity index is 394. The second-order valence-corrected chi connectivity index (χ2v) is 3.86. The van der Waals surface area contributed by atoms with Crippen molar-refractivity contribution >= 4 is 17.3 Å². The summed E-state index contributed by atoms with van der Waals surface area (Å²) in [5.74, 6) is -0.135. The Labute approximate surface area is 108 Å². The van der Waals surface area contributed by atoms with Crippen LogP contribution in [0.4, 0.5) is 11.4 Å². The molecule has 5 heteroatoms. The molecule has 0 bridgehead atoms. The monoisotopic (exact) mass is 251 g/mol. The molecule has 0 aliphatic heterocycles. The number of rotatable bonds is 7. The highest BCUT2D eigenvalue weighted by Gasteiger charge is 2.05. The number of nitrogens with one attached hydrogen (secondary N) is 2. The van der Waals surface area contributed by atoms with Gasteiger partial charge >= 0.3 is 0 Å². The van der Waals surface area contributed by atoms with Crippen LogP contribution in [0.3, 0.4) is 0 Å². The van der Waals surface area contributed by atoms with Crippen molar-refractivity contribution in [3.8, 4) is 0 Å². The van der Waals surface area contributed by atoms with E-state index in [0.717, 1.165) is 31.9 Å². The molecule has 0 radical (unpaired) electrons. The first-order chi connectivity index (χ1) is 8.69. The van der Waals surface area contributed by atoms with Gasteiger partial charge in [-0.05, 0) is 31.5 Å². The van der Waals surface area contributed by atoms with E-state index in [2.05, 4.69) is 10.6 Å². The second-order valence-electron chi connectivity index (χ2n) is 3.86. The summed E-state index contributed by atoms with van der Waals surface area (Å²) < 4.78 is 5.24. The van der Waals surface area contributed by atoms with E-state index in [1.165, 1.54) is 0 Å².